The highest BCUT2D eigenvalue weighted by Gasteiger charge is 2.26. The number of aromatic nitrogens is 1. The zero-order valence-electron chi connectivity index (χ0n) is 17.5. The molecule has 0 atom stereocenters. The number of amides is 1. The summed E-state index contributed by atoms with van der Waals surface area (Å²) in [6.45, 7) is 0.427. The van der Waals surface area contributed by atoms with Gasteiger partial charge in [0.25, 0.3) is 5.91 Å². The van der Waals surface area contributed by atoms with Crippen molar-refractivity contribution in [2.45, 2.75) is 12.8 Å². The first kappa shape index (κ1) is 21.9. The molecule has 1 aliphatic rings. The van der Waals surface area contributed by atoms with E-state index in [1.54, 1.807) is 42.5 Å². The molecule has 0 spiro atoms. The van der Waals surface area contributed by atoms with Crippen LogP contribution in [0, 0.1) is 0 Å². The number of hydrogen-bond donors (Lipinski definition) is 1. The van der Waals surface area contributed by atoms with Gasteiger partial charge in [0.1, 0.15) is 5.01 Å². The van der Waals surface area contributed by atoms with Crippen LogP contribution >= 0.6 is 22.9 Å². The molecule has 1 aromatic heterocycles. The van der Waals surface area contributed by atoms with Crippen molar-refractivity contribution in [2.24, 2.45) is 0 Å². The summed E-state index contributed by atoms with van der Waals surface area (Å²) in [5.74, 6) is -0.202. The fraction of sp³-hybridized carbons (Fsp3) is 0.167. The Morgan fingerprint density at radius 3 is 2.70 bits per heavy atom. The van der Waals surface area contributed by atoms with Gasteiger partial charge in [0.05, 0.1) is 26.7 Å². The Labute approximate surface area is 200 Å². The molecule has 9 heteroatoms. The molecule has 4 aromatic rings. The molecule has 0 bridgehead atoms. The van der Waals surface area contributed by atoms with Crippen molar-refractivity contribution >= 4 is 60.5 Å². The second-order valence-corrected chi connectivity index (χ2v) is 11.2. The van der Waals surface area contributed by atoms with Crippen molar-refractivity contribution in [3.05, 3.63) is 77.3 Å². The molecule has 0 unspecified atom stereocenters. The predicted octanol–water partition coefficient (Wildman–Crippen LogP) is 5.80. The molecule has 168 valence electrons. The molecule has 1 amide bonds. The van der Waals surface area contributed by atoms with Gasteiger partial charge in [0.2, 0.25) is 10.0 Å². The molecule has 6 nitrogen and oxygen atoms in total. The highest BCUT2D eigenvalue weighted by molar-refractivity contribution is 7.92. The van der Waals surface area contributed by atoms with E-state index in [4.69, 9.17) is 11.6 Å². The maximum absolute atomic E-state index is 13.0. The monoisotopic (exact) mass is 497 g/mol. The van der Waals surface area contributed by atoms with Crippen LogP contribution in [0.5, 0.6) is 0 Å². The number of anilines is 2. The van der Waals surface area contributed by atoms with E-state index >= 15 is 0 Å². The summed E-state index contributed by atoms with van der Waals surface area (Å²) in [6, 6.07) is 19.8. The van der Waals surface area contributed by atoms with E-state index in [-0.39, 0.29) is 11.7 Å². The van der Waals surface area contributed by atoms with Gasteiger partial charge in [0.15, 0.2) is 0 Å². The lowest BCUT2D eigenvalue weighted by atomic mass is 10.1. The van der Waals surface area contributed by atoms with E-state index in [0.717, 1.165) is 27.2 Å². The summed E-state index contributed by atoms with van der Waals surface area (Å²) in [7, 11) is -3.35. The minimum absolute atomic E-state index is 0.128. The molecule has 1 fully saturated rings. The third-order valence-electron chi connectivity index (χ3n) is 5.49. The van der Waals surface area contributed by atoms with Gasteiger partial charge < -0.3 is 5.32 Å². The number of halogens is 1. The number of thiazole rings is 1. The number of benzene rings is 3. The number of carbonyl (C=O) groups is 1. The van der Waals surface area contributed by atoms with Gasteiger partial charge in [-0.25, -0.2) is 13.4 Å². The molecular formula is C24H20ClN3O3S2. The number of para-hydroxylation sites is 1. The van der Waals surface area contributed by atoms with E-state index in [1.165, 1.54) is 15.6 Å². The Kier molecular flexibility index (Phi) is 5.82. The number of nitrogens with zero attached hydrogens (tertiary/aromatic N) is 2. The molecule has 33 heavy (non-hydrogen) atoms. The van der Waals surface area contributed by atoms with Gasteiger partial charge >= 0.3 is 0 Å². The highest BCUT2D eigenvalue weighted by atomic mass is 35.5. The summed E-state index contributed by atoms with van der Waals surface area (Å²) in [6.07, 6.45) is 1.46. The summed E-state index contributed by atoms with van der Waals surface area (Å²) >= 11 is 7.97. The summed E-state index contributed by atoms with van der Waals surface area (Å²) in [5.41, 5.74) is 3.10. The van der Waals surface area contributed by atoms with E-state index in [9.17, 15) is 13.2 Å². The van der Waals surface area contributed by atoms with E-state index < -0.39 is 10.0 Å². The molecular weight excluding hydrogens is 478 g/mol. The fourth-order valence-corrected chi connectivity index (χ4v) is 6.73. The van der Waals surface area contributed by atoms with E-state index in [2.05, 4.69) is 10.3 Å². The van der Waals surface area contributed by atoms with Gasteiger partial charge in [-0.15, -0.1) is 11.3 Å². The standard InChI is InChI=1S/C24H20ClN3O3S2/c25-20-11-10-17(15-19(20)24-27-21-8-1-2-9-22(21)32-24)26-23(29)16-6-5-7-18(14-16)28-12-3-4-13-33(28,30)31/h1-2,5-11,14-15H,3-4,12-13H2,(H,26,29). The molecule has 0 radical (unpaired) electrons. The van der Waals surface area contributed by atoms with Crippen LogP contribution in [0.2, 0.25) is 5.02 Å². The molecule has 2 heterocycles. The molecule has 0 aliphatic carbocycles. The number of nitrogens with one attached hydrogen (secondary N) is 1. The Bertz CT molecular complexity index is 1430. The average molecular weight is 498 g/mol. The second-order valence-electron chi connectivity index (χ2n) is 7.78. The first-order valence-corrected chi connectivity index (χ1v) is 13.3. The molecule has 1 aliphatic heterocycles. The first-order valence-electron chi connectivity index (χ1n) is 10.5. The molecule has 1 N–H and O–H groups in total. The van der Waals surface area contributed by atoms with Crippen molar-refractivity contribution in [3.63, 3.8) is 0 Å². The molecule has 1 saturated heterocycles. The summed E-state index contributed by atoms with van der Waals surface area (Å²) in [5, 5.41) is 4.21. The average Bonchev–Trinajstić information content (AvgIpc) is 3.24. The Morgan fingerprint density at radius 1 is 1.03 bits per heavy atom. The zero-order chi connectivity index (χ0) is 23.0. The van der Waals surface area contributed by atoms with Crippen LogP contribution in [0.4, 0.5) is 11.4 Å². The maximum Gasteiger partial charge on any atom is 0.255 e. The Balaban J connectivity index is 1.41. The second kappa shape index (κ2) is 8.78. The number of fused-ring (bicyclic) bond motifs is 1. The van der Waals surface area contributed by atoms with Crippen LogP contribution in [0.15, 0.2) is 66.7 Å². The van der Waals surface area contributed by atoms with Crippen molar-refractivity contribution < 1.29 is 13.2 Å². The normalized spacial score (nSPS) is 15.5. The molecule has 3 aromatic carbocycles. The Hall–Kier alpha value is -2.94. The first-order chi connectivity index (χ1) is 15.9. The minimum Gasteiger partial charge on any atom is -0.322 e. The maximum atomic E-state index is 13.0. The van der Waals surface area contributed by atoms with Crippen LogP contribution in [0.1, 0.15) is 23.2 Å². The van der Waals surface area contributed by atoms with E-state index in [0.29, 0.717) is 34.9 Å². The third kappa shape index (κ3) is 4.46. The fourth-order valence-electron chi connectivity index (χ4n) is 3.84. The smallest absolute Gasteiger partial charge is 0.255 e. The SMILES string of the molecule is O=C(Nc1ccc(Cl)c(-c2nc3ccccc3s2)c1)c1cccc(N2CCCCS2(=O)=O)c1. The number of rotatable bonds is 4. The lowest BCUT2D eigenvalue weighted by molar-refractivity contribution is 0.102. The zero-order valence-corrected chi connectivity index (χ0v) is 19.9. The highest BCUT2D eigenvalue weighted by Crippen LogP contribution is 2.36. The van der Waals surface area contributed by atoms with Crippen LogP contribution in [-0.4, -0.2) is 31.6 Å². The van der Waals surface area contributed by atoms with Gasteiger partial charge in [-0.1, -0.05) is 29.8 Å². The van der Waals surface area contributed by atoms with Crippen LogP contribution in [0.25, 0.3) is 20.8 Å². The van der Waals surface area contributed by atoms with Gasteiger partial charge in [-0.05, 0) is 61.4 Å². The molecule has 0 saturated carbocycles. The largest absolute Gasteiger partial charge is 0.322 e. The van der Waals surface area contributed by atoms with Crippen LogP contribution in [-0.2, 0) is 10.0 Å². The third-order valence-corrected chi connectivity index (χ3v) is 8.76. The van der Waals surface area contributed by atoms with Gasteiger partial charge in [-0.3, -0.25) is 9.10 Å². The lowest BCUT2D eigenvalue weighted by Crippen LogP contribution is -2.37. The van der Waals surface area contributed by atoms with Crippen molar-refractivity contribution in [1.29, 1.82) is 0 Å². The van der Waals surface area contributed by atoms with Crippen LogP contribution < -0.4 is 9.62 Å². The van der Waals surface area contributed by atoms with Crippen molar-refractivity contribution in [3.8, 4) is 10.6 Å². The van der Waals surface area contributed by atoms with Crippen molar-refractivity contribution in [1.82, 2.24) is 4.98 Å². The predicted molar refractivity (Wildman–Crippen MR) is 135 cm³/mol. The lowest BCUT2D eigenvalue weighted by Gasteiger charge is -2.28. The number of carbonyl (C=O) groups excluding carboxylic acids is 1. The van der Waals surface area contributed by atoms with Gasteiger partial charge in [0, 0.05) is 23.4 Å². The summed E-state index contributed by atoms with van der Waals surface area (Å²) < 4.78 is 27.3. The van der Waals surface area contributed by atoms with Gasteiger partial charge in [-0.2, -0.15) is 0 Å². The minimum atomic E-state index is -3.35. The topological polar surface area (TPSA) is 79.4 Å². The number of hydrogen-bond acceptors (Lipinski definition) is 5. The summed E-state index contributed by atoms with van der Waals surface area (Å²) in [4.78, 5) is 17.6. The van der Waals surface area contributed by atoms with Crippen LogP contribution in [0.3, 0.4) is 0 Å². The Morgan fingerprint density at radius 2 is 1.88 bits per heavy atom. The van der Waals surface area contributed by atoms with Crippen molar-refractivity contribution in [2.75, 3.05) is 21.9 Å². The molecule has 5 rings (SSSR count). The van der Waals surface area contributed by atoms with E-state index in [1.807, 2.05) is 24.3 Å². The quantitative estimate of drug-likeness (QED) is 0.386. The number of sulfonamides is 1.